The maximum atomic E-state index is 9.75. The van der Waals surface area contributed by atoms with E-state index < -0.39 is 6.10 Å². The lowest BCUT2D eigenvalue weighted by molar-refractivity contribution is 0.114. The first-order valence-electron chi connectivity index (χ1n) is 6.25. The van der Waals surface area contributed by atoms with Crippen molar-refractivity contribution in [3.63, 3.8) is 0 Å². The Bertz CT molecular complexity index is 497. The number of hydrogen-bond donors (Lipinski definition) is 1. The van der Waals surface area contributed by atoms with Crippen LogP contribution >= 0.6 is 0 Å². The molecular weight excluding hydrogens is 238 g/mol. The van der Waals surface area contributed by atoms with Crippen LogP contribution in [0.5, 0.6) is 5.75 Å². The van der Waals surface area contributed by atoms with E-state index in [2.05, 4.69) is 4.99 Å². The minimum absolute atomic E-state index is 0.246. The standard InChI is InChI=1S/C16H17NO2/c18-15(13-19-16-9-5-2-6-10-16)12-17-11-14-7-3-1-4-8-14/h1-11,15,18H,12-13H2/t15-/m0/s1. The van der Waals surface area contributed by atoms with Gasteiger partial charge in [-0.05, 0) is 17.7 Å². The van der Waals surface area contributed by atoms with Gasteiger partial charge in [-0.1, -0.05) is 48.5 Å². The molecule has 0 saturated heterocycles. The SMILES string of the molecule is O[C@@H](CN=Cc1ccccc1)COc1ccccc1. The highest BCUT2D eigenvalue weighted by atomic mass is 16.5. The van der Waals surface area contributed by atoms with Gasteiger partial charge >= 0.3 is 0 Å². The molecule has 2 aromatic carbocycles. The van der Waals surface area contributed by atoms with E-state index in [1.807, 2.05) is 60.7 Å². The highest BCUT2D eigenvalue weighted by Gasteiger charge is 2.03. The number of ether oxygens (including phenoxy) is 1. The summed E-state index contributed by atoms with van der Waals surface area (Å²) >= 11 is 0. The summed E-state index contributed by atoms with van der Waals surface area (Å²) in [5.41, 5.74) is 1.03. The van der Waals surface area contributed by atoms with Crippen molar-refractivity contribution in [1.82, 2.24) is 0 Å². The largest absolute Gasteiger partial charge is 0.491 e. The van der Waals surface area contributed by atoms with Crippen molar-refractivity contribution in [2.45, 2.75) is 6.10 Å². The molecule has 0 saturated carbocycles. The molecule has 2 aromatic rings. The van der Waals surface area contributed by atoms with Crippen LogP contribution in [-0.4, -0.2) is 30.6 Å². The zero-order valence-corrected chi connectivity index (χ0v) is 10.6. The number of aliphatic hydroxyl groups excluding tert-OH is 1. The quantitative estimate of drug-likeness (QED) is 0.806. The maximum absolute atomic E-state index is 9.75. The molecule has 0 heterocycles. The summed E-state index contributed by atoms with van der Waals surface area (Å²) in [5, 5.41) is 9.75. The van der Waals surface area contributed by atoms with E-state index in [9.17, 15) is 5.11 Å². The average molecular weight is 255 g/mol. The van der Waals surface area contributed by atoms with Gasteiger partial charge in [-0.25, -0.2) is 0 Å². The van der Waals surface area contributed by atoms with Gasteiger partial charge in [0.15, 0.2) is 0 Å². The highest BCUT2D eigenvalue weighted by molar-refractivity contribution is 5.79. The number of aliphatic imine (C=N–C) groups is 1. The van der Waals surface area contributed by atoms with Gasteiger partial charge in [-0.2, -0.15) is 0 Å². The average Bonchev–Trinajstić information content (AvgIpc) is 2.47. The Balaban J connectivity index is 1.73. The molecule has 3 heteroatoms. The van der Waals surface area contributed by atoms with Crippen LogP contribution < -0.4 is 4.74 Å². The summed E-state index contributed by atoms with van der Waals surface area (Å²) in [6.45, 7) is 0.581. The van der Waals surface area contributed by atoms with Crippen molar-refractivity contribution in [2.75, 3.05) is 13.2 Å². The Morgan fingerprint density at radius 1 is 1.00 bits per heavy atom. The van der Waals surface area contributed by atoms with Crippen molar-refractivity contribution >= 4 is 6.21 Å². The summed E-state index contributed by atoms with van der Waals surface area (Å²) < 4.78 is 5.45. The molecule has 0 amide bonds. The summed E-state index contributed by atoms with van der Waals surface area (Å²) in [6.07, 6.45) is 1.16. The van der Waals surface area contributed by atoms with Crippen LogP contribution in [0.3, 0.4) is 0 Å². The third kappa shape index (κ3) is 4.94. The van der Waals surface area contributed by atoms with Crippen molar-refractivity contribution in [3.05, 3.63) is 66.2 Å². The molecule has 0 fully saturated rings. The number of benzene rings is 2. The molecule has 0 radical (unpaired) electrons. The van der Waals surface area contributed by atoms with E-state index >= 15 is 0 Å². The minimum atomic E-state index is -0.597. The second-order valence-electron chi connectivity index (χ2n) is 4.18. The van der Waals surface area contributed by atoms with Gasteiger partial charge < -0.3 is 9.84 Å². The first-order chi connectivity index (χ1) is 9.34. The third-order valence-corrected chi connectivity index (χ3v) is 2.54. The predicted molar refractivity (Wildman–Crippen MR) is 76.8 cm³/mol. The fourth-order valence-corrected chi connectivity index (χ4v) is 1.58. The van der Waals surface area contributed by atoms with Crippen LogP contribution in [0.1, 0.15) is 5.56 Å². The van der Waals surface area contributed by atoms with Crippen LogP contribution in [0.15, 0.2) is 65.7 Å². The normalized spacial score (nSPS) is 12.5. The fraction of sp³-hybridized carbons (Fsp3) is 0.188. The highest BCUT2D eigenvalue weighted by Crippen LogP contribution is 2.08. The van der Waals surface area contributed by atoms with E-state index in [1.54, 1.807) is 6.21 Å². The van der Waals surface area contributed by atoms with Gasteiger partial charge in [0.25, 0.3) is 0 Å². The smallest absolute Gasteiger partial charge is 0.119 e. The molecule has 0 unspecified atom stereocenters. The lowest BCUT2D eigenvalue weighted by Crippen LogP contribution is -2.20. The Hall–Kier alpha value is -2.13. The number of hydrogen-bond acceptors (Lipinski definition) is 3. The zero-order valence-electron chi connectivity index (χ0n) is 10.6. The van der Waals surface area contributed by atoms with Crippen molar-refractivity contribution < 1.29 is 9.84 Å². The molecule has 1 N–H and O–H groups in total. The summed E-state index contributed by atoms with van der Waals surface area (Å²) in [4.78, 5) is 4.20. The van der Waals surface area contributed by atoms with E-state index in [0.717, 1.165) is 11.3 Å². The number of rotatable bonds is 6. The summed E-state index contributed by atoms with van der Waals surface area (Å²) in [7, 11) is 0. The molecule has 98 valence electrons. The van der Waals surface area contributed by atoms with Crippen molar-refractivity contribution in [3.8, 4) is 5.75 Å². The summed E-state index contributed by atoms with van der Waals surface area (Å²) in [6, 6.07) is 19.2. The summed E-state index contributed by atoms with van der Waals surface area (Å²) in [5.74, 6) is 0.758. The number of para-hydroxylation sites is 1. The predicted octanol–water partition coefficient (Wildman–Crippen LogP) is 2.55. The molecule has 0 aromatic heterocycles. The molecule has 0 bridgehead atoms. The topological polar surface area (TPSA) is 41.8 Å². The van der Waals surface area contributed by atoms with Crippen LogP contribution in [0.2, 0.25) is 0 Å². The molecule has 3 nitrogen and oxygen atoms in total. The van der Waals surface area contributed by atoms with Gasteiger partial charge in [-0.15, -0.1) is 0 Å². The Morgan fingerprint density at radius 2 is 1.63 bits per heavy atom. The maximum Gasteiger partial charge on any atom is 0.119 e. The third-order valence-electron chi connectivity index (χ3n) is 2.54. The van der Waals surface area contributed by atoms with Crippen LogP contribution in [-0.2, 0) is 0 Å². The van der Waals surface area contributed by atoms with Crippen LogP contribution in [0.25, 0.3) is 0 Å². The van der Waals surface area contributed by atoms with Crippen LogP contribution in [0.4, 0.5) is 0 Å². The Kier molecular flexibility index (Phi) is 5.14. The molecule has 0 aliphatic carbocycles. The molecule has 19 heavy (non-hydrogen) atoms. The minimum Gasteiger partial charge on any atom is -0.491 e. The van der Waals surface area contributed by atoms with E-state index in [0.29, 0.717) is 6.54 Å². The molecule has 0 aliphatic heterocycles. The second kappa shape index (κ2) is 7.34. The number of nitrogens with zero attached hydrogens (tertiary/aromatic N) is 1. The van der Waals surface area contributed by atoms with Gasteiger partial charge in [0.05, 0.1) is 6.54 Å². The van der Waals surface area contributed by atoms with E-state index in [1.165, 1.54) is 0 Å². The molecule has 0 spiro atoms. The van der Waals surface area contributed by atoms with Crippen LogP contribution in [0, 0.1) is 0 Å². The molecular formula is C16H17NO2. The lowest BCUT2D eigenvalue weighted by Gasteiger charge is -2.09. The Morgan fingerprint density at radius 3 is 2.32 bits per heavy atom. The first kappa shape index (κ1) is 13.3. The van der Waals surface area contributed by atoms with E-state index in [4.69, 9.17) is 4.74 Å². The Labute approximate surface area is 113 Å². The van der Waals surface area contributed by atoms with Gasteiger partial charge in [0.1, 0.15) is 18.5 Å². The first-order valence-corrected chi connectivity index (χ1v) is 6.25. The lowest BCUT2D eigenvalue weighted by atomic mass is 10.2. The van der Waals surface area contributed by atoms with Gasteiger partial charge in [-0.3, -0.25) is 4.99 Å². The molecule has 0 aliphatic rings. The van der Waals surface area contributed by atoms with Gasteiger partial charge in [0.2, 0.25) is 0 Å². The zero-order chi connectivity index (χ0) is 13.3. The number of aliphatic hydroxyl groups is 1. The molecule has 2 rings (SSSR count). The van der Waals surface area contributed by atoms with Crippen molar-refractivity contribution in [1.29, 1.82) is 0 Å². The fourth-order valence-electron chi connectivity index (χ4n) is 1.58. The second-order valence-corrected chi connectivity index (χ2v) is 4.18. The van der Waals surface area contributed by atoms with E-state index in [-0.39, 0.29) is 6.61 Å². The monoisotopic (exact) mass is 255 g/mol. The van der Waals surface area contributed by atoms with Gasteiger partial charge in [0, 0.05) is 6.21 Å². The molecule has 1 atom stereocenters. The van der Waals surface area contributed by atoms with Crippen molar-refractivity contribution in [2.24, 2.45) is 4.99 Å².